The maximum absolute atomic E-state index is 10.5. The van der Waals surface area contributed by atoms with Crippen LogP contribution in [0.4, 0.5) is 0 Å². The van der Waals surface area contributed by atoms with Gasteiger partial charge in [-0.2, -0.15) is 4.98 Å². The van der Waals surface area contributed by atoms with Crippen LogP contribution >= 0.6 is 11.8 Å². The number of rotatable bonds is 4. The fourth-order valence-electron chi connectivity index (χ4n) is 1.61. The minimum atomic E-state index is -0.935. The van der Waals surface area contributed by atoms with E-state index in [1.807, 2.05) is 12.1 Å². The van der Waals surface area contributed by atoms with Crippen molar-refractivity contribution < 1.29 is 14.4 Å². The van der Waals surface area contributed by atoms with E-state index >= 15 is 0 Å². The summed E-state index contributed by atoms with van der Waals surface area (Å²) in [6, 6.07) is 5.43. The molecule has 0 aliphatic rings. The number of nitrogens with zero attached hydrogens (tertiary/aromatic N) is 4. The zero-order valence-electron chi connectivity index (χ0n) is 10.1. The van der Waals surface area contributed by atoms with Gasteiger partial charge in [-0.1, -0.05) is 16.9 Å². The van der Waals surface area contributed by atoms with Crippen LogP contribution in [0.25, 0.3) is 22.4 Å². The number of carboxylic acid groups (broad SMARTS) is 1. The van der Waals surface area contributed by atoms with Crippen LogP contribution in [0.2, 0.25) is 0 Å². The Labute approximate surface area is 117 Å². The van der Waals surface area contributed by atoms with E-state index in [0.29, 0.717) is 5.82 Å². The maximum Gasteiger partial charge on any atom is 0.314 e. The zero-order valence-corrected chi connectivity index (χ0v) is 10.9. The van der Waals surface area contributed by atoms with Crippen LogP contribution in [-0.2, 0) is 4.79 Å². The predicted octanol–water partition coefficient (Wildman–Crippen LogP) is 1.86. The first-order valence-electron chi connectivity index (χ1n) is 5.62. The lowest BCUT2D eigenvalue weighted by Crippen LogP contribution is -1.97. The second kappa shape index (κ2) is 5.25. The first-order valence-corrected chi connectivity index (χ1v) is 6.60. The quantitative estimate of drug-likeness (QED) is 0.726. The molecule has 0 aliphatic carbocycles. The van der Waals surface area contributed by atoms with Gasteiger partial charge in [0.25, 0.3) is 5.22 Å². The van der Waals surface area contributed by atoms with Gasteiger partial charge >= 0.3 is 5.97 Å². The lowest BCUT2D eigenvalue weighted by molar-refractivity contribution is -0.133. The normalized spacial score (nSPS) is 10.8. The van der Waals surface area contributed by atoms with Crippen LogP contribution in [0.5, 0.6) is 0 Å². The van der Waals surface area contributed by atoms with Crippen LogP contribution in [0.15, 0.2) is 40.3 Å². The summed E-state index contributed by atoms with van der Waals surface area (Å²) in [4.78, 5) is 23.0. The molecule has 0 atom stereocenters. The third kappa shape index (κ3) is 2.59. The smallest absolute Gasteiger partial charge is 0.314 e. The summed E-state index contributed by atoms with van der Waals surface area (Å²) in [5.41, 5.74) is 2.25. The number of hydrogen-bond acceptors (Lipinski definition) is 7. The van der Waals surface area contributed by atoms with Crippen molar-refractivity contribution in [2.24, 2.45) is 0 Å². The number of benzene rings is 1. The summed E-state index contributed by atoms with van der Waals surface area (Å²) >= 11 is 0.980. The predicted molar refractivity (Wildman–Crippen MR) is 71.2 cm³/mol. The summed E-state index contributed by atoms with van der Waals surface area (Å²) in [5.74, 6) is -0.661. The van der Waals surface area contributed by atoms with Gasteiger partial charge in [0.15, 0.2) is 0 Å². The fourth-order valence-corrected chi connectivity index (χ4v) is 2.10. The standard InChI is InChI=1S/C12H8N4O3S/c17-10(18)6-20-12-15-11(16-19-12)7-1-2-8-9(5-7)14-4-3-13-8/h1-5H,6H2,(H,17,18). The second-order valence-electron chi connectivity index (χ2n) is 3.83. The average Bonchev–Trinajstić information content (AvgIpc) is 2.93. The Kier molecular flexibility index (Phi) is 3.30. The Morgan fingerprint density at radius 2 is 2.05 bits per heavy atom. The highest BCUT2D eigenvalue weighted by Gasteiger charge is 2.11. The molecule has 1 aromatic carbocycles. The number of aliphatic carboxylic acids is 1. The molecule has 0 saturated carbocycles. The van der Waals surface area contributed by atoms with Gasteiger partial charge in [0.1, 0.15) is 5.75 Å². The lowest BCUT2D eigenvalue weighted by atomic mass is 10.2. The van der Waals surface area contributed by atoms with Crippen molar-refractivity contribution in [1.82, 2.24) is 20.1 Å². The number of carboxylic acids is 1. The summed E-state index contributed by atoms with van der Waals surface area (Å²) in [6.07, 6.45) is 3.23. The maximum atomic E-state index is 10.5. The summed E-state index contributed by atoms with van der Waals surface area (Å²) < 4.78 is 4.98. The van der Waals surface area contributed by atoms with Gasteiger partial charge in [-0.25, -0.2) is 0 Å². The summed E-state index contributed by atoms with van der Waals surface area (Å²) in [7, 11) is 0. The molecule has 0 unspecified atom stereocenters. The van der Waals surface area contributed by atoms with E-state index < -0.39 is 5.97 Å². The van der Waals surface area contributed by atoms with Crippen molar-refractivity contribution in [2.75, 3.05) is 5.75 Å². The first-order chi connectivity index (χ1) is 9.72. The number of hydrogen-bond donors (Lipinski definition) is 1. The molecule has 2 heterocycles. The molecule has 0 spiro atoms. The zero-order chi connectivity index (χ0) is 13.9. The minimum Gasteiger partial charge on any atom is -0.481 e. The van der Waals surface area contributed by atoms with E-state index in [2.05, 4.69) is 20.1 Å². The highest BCUT2D eigenvalue weighted by atomic mass is 32.2. The number of aromatic nitrogens is 4. The number of fused-ring (bicyclic) bond motifs is 1. The topological polar surface area (TPSA) is 102 Å². The summed E-state index contributed by atoms with van der Waals surface area (Å²) in [6.45, 7) is 0. The Balaban J connectivity index is 1.89. The van der Waals surface area contributed by atoms with Crippen LogP contribution in [0.1, 0.15) is 0 Å². The minimum absolute atomic E-state index is 0.120. The molecule has 0 amide bonds. The van der Waals surface area contributed by atoms with E-state index in [1.165, 1.54) is 0 Å². The van der Waals surface area contributed by atoms with Gasteiger partial charge in [0.2, 0.25) is 5.82 Å². The monoisotopic (exact) mass is 288 g/mol. The van der Waals surface area contributed by atoms with Crippen molar-refractivity contribution >= 4 is 28.8 Å². The molecule has 1 N–H and O–H groups in total. The van der Waals surface area contributed by atoms with Crippen LogP contribution in [-0.4, -0.2) is 36.9 Å². The van der Waals surface area contributed by atoms with Crippen LogP contribution < -0.4 is 0 Å². The summed E-state index contributed by atoms with van der Waals surface area (Å²) in [5, 5.41) is 12.6. The fraction of sp³-hybridized carbons (Fsp3) is 0.0833. The second-order valence-corrected chi connectivity index (χ2v) is 4.75. The van der Waals surface area contributed by atoms with Gasteiger partial charge in [-0.3, -0.25) is 14.8 Å². The molecular formula is C12H8N4O3S. The Morgan fingerprint density at radius 3 is 2.85 bits per heavy atom. The Bertz CT molecular complexity index is 774. The molecule has 0 saturated heterocycles. The molecule has 7 nitrogen and oxygen atoms in total. The molecule has 100 valence electrons. The molecule has 0 radical (unpaired) electrons. The van der Waals surface area contributed by atoms with E-state index in [-0.39, 0.29) is 11.0 Å². The molecule has 3 rings (SSSR count). The molecule has 8 heteroatoms. The van der Waals surface area contributed by atoms with Crippen molar-refractivity contribution in [3.05, 3.63) is 30.6 Å². The highest BCUT2D eigenvalue weighted by Crippen LogP contribution is 2.23. The highest BCUT2D eigenvalue weighted by molar-refractivity contribution is 7.99. The van der Waals surface area contributed by atoms with E-state index in [0.717, 1.165) is 28.4 Å². The van der Waals surface area contributed by atoms with E-state index in [9.17, 15) is 4.79 Å². The van der Waals surface area contributed by atoms with Crippen molar-refractivity contribution in [3.8, 4) is 11.4 Å². The van der Waals surface area contributed by atoms with Gasteiger partial charge in [0.05, 0.1) is 11.0 Å². The molecule has 0 fully saturated rings. The largest absolute Gasteiger partial charge is 0.481 e. The van der Waals surface area contributed by atoms with Gasteiger partial charge < -0.3 is 9.63 Å². The van der Waals surface area contributed by atoms with Gasteiger partial charge in [-0.05, 0) is 18.2 Å². The molecule has 3 aromatic rings. The van der Waals surface area contributed by atoms with Crippen LogP contribution in [0.3, 0.4) is 0 Å². The lowest BCUT2D eigenvalue weighted by Gasteiger charge is -1.97. The molecular weight excluding hydrogens is 280 g/mol. The number of thioether (sulfide) groups is 1. The first kappa shape index (κ1) is 12.5. The third-order valence-corrected chi connectivity index (χ3v) is 3.26. The third-order valence-electron chi connectivity index (χ3n) is 2.45. The van der Waals surface area contributed by atoms with Crippen LogP contribution in [0, 0.1) is 0 Å². The van der Waals surface area contributed by atoms with E-state index in [1.54, 1.807) is 18.5 Å². The van der Waals surface area contributed by atoms with Crippen molar-refractivity contribution in [2.45, 2.75) is 5.22 Å². The molecule has 0 bridgehead atoms. The average molecular weight is 288 g/mol. The van der Waals surface area contributed by atoms with Crippen molar-refractivity contribution in [1.29, 1.82) is 0 Å². The molecule has 2 aromatic heterocycles. The number of carbonyl (C=O) groups is 1. The molecule has 20 heavy (non-hydrogen) atoms. The Morgan fingerprint density at radius 1 is 1.25 bits per heavy atom. The Hall–Kier alpha value is -2.48. The molecule has 0 aliphatic heterocycles. The van der Waals surface area contributed by atoms with Gasteiger partial charge in [0, 0.05) is 18.0 Å². The van der Waals surface area contributed by atoms with Crippen molar-refractivity contribution in [3.63, 3.8) is 0 Å². The SMILES string of the molecule is O=C(O)CSc1nc(-c2ccc3nccnc3c2)no1. The van der Waals surface area contributed by atoms with Gasteiger partial charge in [-0.15, -0.1) is 0 Å². The van der Waals surface area contributed by atoms with E-state index in [4.69, 9.17) is 9.63 Å².